The number of hydrogen-bond acceptors (Lipinski definition) is 4. The Kier molecular flexibility index (Phi) is 5.26. The molecule has 1 aliphatic rings. The maximum atomic E-state index is 12.4. The zero-order valence-electron chi connectivity index (χ0n) is 14.7. The monoisotopic (exact) mass is 340 g/mol. The van der Waals surface area contributed by atoms with E-state index in [2.05, 4.69) is 27.2 Å². The number of aryl methyl sites for hydroxylation is 1. The SMILES string of the molecule is Cc1nc(-c2ccncc2)[nH]c(=O)c1CC(=O)N[C@@H]1CCC[C@@H](C)C1. The molecular weight excluding hydrogens is 316 g/mol. The maximum absolute atomic E-state index is 12.4. The minimum absolute atomic E-state index is 0.0652. The summed E-state index contributed by atoms with van der Waals surface area (Å²) >= 11 is 0. The summed E-state index contributed by atoms with van der Waals surface area (Å²) in [6.45, 7) is 3.99. The summed E-state index contributed by atoms with van der Waals surface area (Å²) in [5, 5.41) is 3.07. The Hall–Kier alpha value is -2.50. The average molecular weight is 340 g/mol. The van der Waals surface area contributed by atoms with Crippen molar-refractivity contribution in [3.63, 3.8) is 0 Å². The summed E-state index contributed by atoms with van der Waals surface area (Å²) in [4.78, 5) is 36.0. The summed E-state index contributed by atoms with van der Waals surface area (Å²) in [6, 6.07) is 3.79. The zero-order chi connectivity index (χ0) is 17.8. The number of aromatic nitrogens is 3. The van der Waals surface area contributed by atoms with E-state index in [1.54, 1.807) is 31.5 Å². The Bertz CT molecular complexity index is 801. The lowest BCUT2D eigenvalue weighted by Gasteiger charge is -2.27. The molecule has 1 fully saturated rings. The first-order valence-electron chi connectivity index (χ1n) is 8.82. The van der Waals surface area contributed by atoms with Crippen molar-refractivity contribution >= 4 is 5.91 Å². The Morgan fingerprint density at radius 2 is 2.08 bits per heavy atom. The lowest BCUT2D eigenvalue weighted by molar-refractivity contribution is -0.121. The fourth-order valence-corrected chi connectivity index (χ4v) is 3.47. The van der Waals surface area contributed by atoms with Crippen molar-refractivity contribution in [1.82, 2.24) is 20.3 Å². The van der Waals surface area contributed by atoms with Gasteiger partial charge < -0.3 is 10.3 Å². The van der Waals surface area contributed by atoms with Crippen molar-refractivity contribution < 1.29 is 4.79 Å². The van der Waals surface area contributed by atoms with Gasteiger partial charge in [-0.15, -0.1) is 0 Å². The van der Waals surface area contributed by atoms with Crippen LogP contribution in [-0.2, 0) is 11.2 Å². The molecule has 2 aromatic heterocycles. The fourth-order valence-electron chi connectivity index (χ4n) is 3.47. The first-order valence-corrected chi connectivity index (χ1v) is 8.82. The van der Waals surface area contributed by atoms with E-state index in [4.69, 9.17) is 0 Å². The minimum Gasteiger partial charge on any atom is -0.353 e. The third-order valence-corrected chi connectivity index (χ3v) is 4.81. The molecule has 3 rings (SSSR count). The molecule has 6 heteroatoms. The van der Waals surface area contributed by atoms with Crippen LogP contribution in [0, 0.1) is 12.8 Å². The standard InChI is InChI=1S/C19H24N4O2/c1-12-4-3-5-15(10-12)22-17(24)11-16-13(2)21-18(23-19(16)25)14-6-8-20-9-7-14/h6-9,12,15H,3-5,10-11H2,1-2H3,(H,22,24)(H,21,23,25)/t12-,15-/m1/s1. The van der Waals surface area contributed by atoms with Gasteiger partial charge in [-0.1, -0.05) is 19.8 Å². The number of carbonyl (C=O) groups is 1. The second-order valence-electron chi connectivity index (χ2n) is 6.93. The molecular formula is C19H24N4O2. The van der Waals surface area contributed by atoms with Crippen LogP contribution in [-0.4, -0.2) is 26.9 Å². The van der Waals surface area contributed by atoms with E-state index in [0.717, 1.165) is 24.8 Å². The highest BCUT2D eigenvalue weighted by Crippen LogP contribution is 2.23. The fraction of sp³-hybridized carbons (Fsp3) is 0.474. The molecule has 2 N–H and O–H groups in total. The molecule has 1 amide bonds. The number of H-pyrrole nitrogens is 1. The lowest BCUT2D eigenvalue weighted by atomic mass is 9.87. The number of aromatic amines is 1. The van der Waals surface area contributed by atoms with Gasteiger partial charge in [-0.25, -0.2) is 4.98 Å². The van der Waals surface area contributed by atoms with E-state index < -0.39 is 0 Å². The van der Waals surface area contributed by atoms with E-state index in [1.165, 1.54) is 6.42 Å². The smallest absolute Gasteiger partial charge is 0.255 e. The van der Waals surface area contributed by atoms with Gasteiger partial charge in [0.2, 0.25) is 5.91 Å². The zero-order valence-corrected chi connectivity index (χ0v) is 14.7. The summed E-state index contributed by atoms with van der Waals surface area (Å²) in [7, 11) is 0. The van der Waals surface area contributed by atoms with Gasteiger partial charge >= 0.3 is 0 Å². The van der Waals surface area contributed by atoms with Crippen molar-refractivity contribution in [3.05, 3.63) is 46.1 Å². The van der Waals surface area contributed by atoms with Crippen molar-refractivity contribution in [2.24, 2.45) is 5.92 Å². The van der Waals surface area contributed by atoms with Gasteiger partial charge in [0.05, 0.1) is 6.42 Å². The van der Waals surface area contributed by atoms with Crippen LogP contribution in [0.1, 0.15) is 43.9 Å². The number of rotatable bonds is 4. The Morgan fingerprint density at radius 3 is 2.76 bits per heavy atom. The van der Waals surface area contributed by atoms with Crippen LogP contribution in [0.3, 0.4) is 0 Å². The largest absolute Gasteiger partial charge is 0.353 e. The molecule has 132 valence electrons. The van der Waals surface area contributed by atoms with Crippen molar-refractivity contribution in [2.75, 3.05) is 0 Å². The van der Waals surface area contributed by atoms with Crippen LogP contribution in [0.15, 0.2) is 29.3 Å². The van der Waals surface area contributed by atoms with Crippen LogP contribution in [0.5, 0.6) is 0 Å². The molecule has 1 saturated carbocycles. The van der Waals surface area contributed by atoms with Crippen LogP contribution in [0.2, 0.25) is 0 Å². The minimum atomic E-state index is -0.258. The van der Waals surface area contributed by atoms with Crippen LogP contribution in [0.4, 0.5) is 0 Å². The second-order valence-corrected chi connectivity index (χ2v) is 6.93. The van der Waals surface area contributed by atoms with Crippen LogP contribution >= 0.6 is 0 Å². The number of pyridine rings is 1. The molecule has 1 aliphatic carbocycles. The Labute approximate surface area is 147 Å². The van der Waals surface area contributed by atoms with E-state index >= 15 is 0 Å². The molecule has 0 spiro atoms. The normalized spacial score (nSPS) is 20.2. The molecule has 25 heavy (non-hydrogen) atoms. The summed E-state index contributed by atoms with van der Waals surface area (Å²) in [6.07, 6.45) is 7.77. The van der Waals surface area contributed by atoms with Crippen molar-refractivity contribution in [3.8, 4) is 11.4 Å². The lowest BCUT2D eigenvalue weighted by Crippen LogP contribution is -2.39. The summed E-state index contributed by atoms with van der Waals surface area (Å²) in [5.41, 5.74) is 1.55. The van der Waals surface area contributed by atoms with Gasteiger partial charge in [-0.05, 0) is 37.8 Å². The molecule has 0 saturated heterocycles. The second kappa shape index (κ2) is 7.59. The Balaban J connectivity index is 1.72. The van der Waals surface area contributed by atoms with Gasteiger partial charge in [0.15, 0.2) is 0 Å². The predicted molar refractivity (Wildman–Crippen MR) is 96.1 cm³/mol. The van der Waals surface area contributed by atoms with Gasteiger partial charge in [0.25, 0.3) is 5.56 Å². The van der Waals surface area contributed by atoms with Crippen LogP contribution < -0.4 is 10.9 Å². The first kappa shape index (κ1) is 17.3. The van der Waals surface area contributed by atoms with Gasteiger partial charge in [-0.3, -0.25) is 14.6 Å². The molecule has 2 aromatic rings. The molecule has 0 unspecified atom stereocenters. The molecule has 2 heterocycles. The number of nitrogens with one attached hydrogen (secondary N) is 2. The van der Waals surface area contributed by atoms with Gasteiger partial charge in [0.1, 0.15) is 5.82 Å². The Morgan fingerprint density at radius 1 is 1.32 bits per heavy atom. The molecule has 2 atom stereocenters. The van der Waals surface area contributed by atoms with E-state index in [-0.39, 0.29) is 23.9 Å². The summed E-state index contributed by atoms with van der Waals surface area (Å²) in [5.74, 6) is 1.03. The highest BCUT2D eigenvalue weighted by molar-refractivity contribution is 5.79. The van der Waals surface area contributed by atoms with E-state index in [1.807, 2.05) is 0 Å². The molecule has 6 nitrogen and oxygen atoms in total. The van der Waals surface area contributed by atoms with Gasteiger partial charge in [-0.2, -0.15) is 0 Å². The van der Waals surface area contributed by atoms with Gasteiger partial charge in [0, 0.05) is 35.3 Å². The predicted octanol–water partition coefficient (Wildman–Crippen LogP) is 2.38. The van der Waals surface area contributed by atoms with Crippen LogP contribution in [0.25, 0.3) is 11.4 Å². The summed E-state index contributed by atoms with van der Waals surface area (Å²) < 4.78 is 0. The molecule has 0 bridgehead atoms. The third-order valence-electron chi connectivity index (χ3n) is 4.81. The number of carbonyl (C=O) groups excluding carboxylic acids is 1. The third kappa shape index (κ3) is 4.32. The number of nitrogens with zero attached hydrogens (tertiary/aromatic N) is 2. The quantitative estimate of drug-likeness (QED) is 0.894. The average Bonchev–Trinajstić information content (AvgIpc) is 2.59. The highest BCUT2D eigenvalue weighted by Gasteiger charge is 2.21. The van der Waals surface area contributed by atoms with Crippen molar-refractivity contribution in [1.29, 1.82) is 0 Å². The molecule has 0 radical (unpaired) electrons. The molecule has 0 aliphatic heterocycles. The van der Waals surface area contributed by atoms with Crippen molar-refractivity contribution in [2.45, 2.75) is 52.0 Å². The van der Waals surface area contributed by atoms with E-state index in [0.29, 0.717) is 23.0 Å². The molecule has 0 aromatic carbocycles. The highest BCUT2D eigenvalue weighted by atomic mass is 16.2. The number of amides is 1. The topological polar surface area (TPSA) is 87.7 Å². The van der Waals surface area contributed by atoms with E-state index in [9.17, 15) is 9.59 Å². The maximum Gasteiger partial charge on any atom is 0.255 e. The number of hydrogen-bond donors (Lipinski definition) is 2. The first-order chi connectivity index (χ1) is 12.0.